The molecule has 0 saturated carbocycles. The van der Waals surface area contributed by atoms with Crippen LogP contribution in [0.25, 0.3) is 21.6 Å². The fourth-order valence-electron chi connectivity index (χ4n) is 5.44. The average Bonchev–Trinajstić information content (AvgIpc) is 3.64. The van der Waals surface area contributed by atoms with Gasteiger partial charge in [0, 0.05) is 6.20 Å². The molecule has 1 aliphatic heterocycles. The number of pyridine rings is 1. The van der Waals surface area contributed by atoms with E-state index in [-0.39, 0.29) is 17.0 Å². The summed E-state index contributed by atoms with van der Waals surface area (Å²) in [6.07, 6.45) is 2.67. The van der Waals surface area contributed by atoms with Crippen LogP contribution in [0.3, 0.4) is 0 Å². The van der Waals surface area contributed by atoms with Crippen molar-refractivity contribution < 1.29 is 24.2 Å². The summed E-state index contributed by atoms with van der Waals surface area (Å²) in [4.78, 5) is 38.5. The molecular weight excluding hydrogens is 564 g/mol. The molecule has 0 radical (unpaired) electrons. The van der Waals surface area contributed by atoms with E-state index in [4.69, 9.17) is 19.4 Å². The van der Waals surface area contributed by atoms with Crippen LogP contribution in [0.5, 0.6) is 11.5 Å². The lowest BCUT2D eigenvalue weighted by atomic mass is 9.96. The van der Waals surface area contributed by atoms with Crippen molar-refractivity contribution in [3.63, 3.8) is 0 Å². The van der Waals surface area contributed by atoms with Crippen LogP contribution in [0, 0.1) is 20.8 Å². The number of amides is 1. The molecule has 10 heteroatoms. The fourth-order valence-corrected chi connectivity index (χ4v) is 6.53. The Morgan fingerprint density at radius 2 is 1.81 bits per heavy atom. The Labute approximate surface area is 253 Å². The second-order valence-electron chi connectivity index (χ2n) is 10.6. The third kappa shape index (κ3) is 4.81. The molecule has 3 aromatic heterocycles. The highest BCUT2D eigenvalue weighted by Crippen LogP contribution is 2.46. The van der Waals surface area contributed by atoms with Crippen molar-refractivity contribution in [3.8, 4) is 11.5 Å². The van der Waals surface area contributed by atoms with Gasteiger partial charge in [-0.1, -0.05) is 36.5 Å². The van der Waals surface area contributed by atoms with E-state index in [9.17, 15) is 14.7 Å². The predicted molar refractivity (Wildman–Crippen MR) is 167 cm³/mol. The molecule has 4 heterocycles. The number of fused-ring (bicyclic) bond motifs is 2. The topological polar surface area (TPSA) is 106 Å². The first-order chi connectivity index (χ1) is 20.7. The van der Waals surface area contributed by atoms with Crippen LogP contribution in [-0.2, 0) is 9.59 Å². The van der Waals surface area contributed by atoms with Gasteiger partial charge in [0.15, 0.2) is 22.4 Å². The Morgan fingerprint density at radius 3 is 2.56 bits per heavy atom. The van der Waals surface area contributed by atoms with E-state index in [0.717, 1.165) is 27.8 Å². The number of carbonyl (C=O) groups is 2. The molecule has 1 fully saturated rings. The van der Waals surface area contributed by atoms with E-state index in [0.29, 0.717) is 46.7 Å². The quantitative estimate of drug-likeness (QED) is 0.121. The van der Waals surface area contributed by atoms with Crippen molar-refractivity contribution in [1.29, 1.82) is 0 Å². The monoisotopic (exact) mass is 596 g/mol. The van der Waals surface area contributed by atoms with Crippen LogP contribution in [0.4, 0.5) is 5.13 Å². The number of carbonyl (C=O) groups excluding carboxylic acids is 2. The zero-order chi connectivity index (χ0) is 30.4. The Balaban J connectivity index is 1.59. The van der Waals surface area contributed by atoms with Gasteiger partial charge in [0.2, 0.25) is 0 Å². The van der Waals surface area contributed by atoms with Crippen molar-refractivity contribution in [1.82, 2.24) is 14.4 Å². The summed E-state index contributed by atoms with van der Waals surface area (Å²) in [6.45, 7) is 10.5. The van der Waals surface area contributed by atoms with Gasteiger partial charge >= 0.3 is 5.91 Å². The number of aliphatic hydroxyl groups is 1. The molecule has 43 heavy (non-hydrogen) atoms. The minimum absolute atomic E-state index is 0.0609. The Kier molecular flexibility index (Phi) is 7.39. The number of ketones is 1. The van der Waals surface area contributed by atoms with Crippen molar-refractivity contribution in [2.45, 2.75) is 47.1 Å². The molecule has 1 amide bonds. The number of anilines is 1. The fraction of sp³-hybridized carbons (Fsp3) is 0.273. The number of hydrogen-bond donors (Lipinski definition) is 1. The van der Waals surface area contributed by atoms with Crippen LogP contribution in [0.2, 0.25) is 0 Å². The van der Waals surface area contributed by atoms with E-state index >= 15 is 0 Å². The second-order valence-corrected chi connectivity index (χ2v) is 11.6. The van der Waals surface area contributed by atoms with Gasteiger partial charge in [-0.15, -0.1) is 0 Å². The summed E-state index contributed by atoms with van der Waals surface area (Å²) in [7, 11) is 0. The number of imidazole rings is 1. The number of hydrogen-bond acceptors (Lipinski definition) is 8. The van der Waals surface area contributed by atoms with Gasteiger partial charge in [0.25, 0.3) is 5.78 Å². The van der Waals surface area contributed by atoms with Crippen LogP contribution < -0.4 is 14.4 Å². The molecule has 0 spiro atoms. The maximum absolute atomic E-state index is 13.8. The number of aryl methyl sites for hydroxylation is 3. The highest BCUT2D eigenvalue weighted by molar-refractivity contribution is 7.22. The predicted octanol–water partition coefficient (Wildman–Crippen LogP) is 6.68. The summed E-state index contributed by atoms with van der Waals surface area (Å²) >= 11 is 1.32. The zero-order valence-electron chi connectivity index (χ0n) is 24.7. The summed E-state index contributed by atoms with van der Waals surface area (Å²) < 4.78 is 14.6. The molecule has 1 unspecified atom stereocenters. The van der Waals surface area contributed by atoms with E-state index in [1.807, 2.05) is 75.5 Å². The number of aliphatic hydroxyl groups excluding tert-OH is 1. The lowest BCUT2D eigenvalue weighted by Crippen LogP contribution is -2.29. The summed E-state index contributed by atoms with van der Waals surface area (Å²) in [5.74, 6) is -0.878. The van der Waals surface area contributed by atoms with Gasteiger partial charge in [-0.3, -0.25) is 14.5 Å². The second kappa shape index (κ2) is 11.2. The van der Waals surface area contributed by atoms with Gasteiger partial charge in [0.1, 0.15) is 11.3 Å². The average molecular weight is 597 g/mol. The molecule has 220 valence electrons. The molecular formula is C33H32N4O5S. The first-order valence-corrected chi connectivity index (χ1v) is 15.1. The van der Waals surface area contributed by atoms with Crippen molar-refractivity contribution in [2.75, 3.05) is 18.1 Å². The third-order valence-electron chi connectivity index (χ3n) is 7.54. The maximum atomic E-state index is 13.8. The molecule has 0 aliphatic carbocycles. The molecule has 0 bridgehead atoms. The van der Waals surface area contributed by atoms with Crippen LogP contribution in [-0.4, -0.2) is 44.4 Å². The molecule has 5 aromatic rings. The Morgan fingerprint density at radius 1 is 1.00 bits per heavy atom. The molecule has 6 rings (SSSR count). The lowest BCUT2D eigenvalue weighted by Gasteiger charge is -2.24. The van der Waals surface area contributed by atoms with E-state index in [1.165, 1.54) is 16.2 Å². The number of rotatable bonds is 8. The standard InChI is InChI=1S/C33H32N4O5S/c1-6-15-42-23-13-11-21(17-24(23)41-7-2)28-26(29(38)27-20(5)36-14-8-9-19(4)31(36)35-27)30(39)32(40)37(28)33-34-22-12-10-18(3)16-25(22)43-33/h8-14,16-17,28,38H,6-7,15H2,1-5H3. The number of ether oxygens (including phenoxy) is 2. The van der Waals surface area contributed by atoms with E-state index in [2.05, 4.69) is 0 Å². The number of benzene rings is 2. The number of nitrogens with zero attached hydrogens (tertiary/aromatic N) is 4. The highest BCUT2D eigenvalue weighted by Gasteiger charge is 2.49. The van der Waals surface area contributed by atoms with Crippen molar-refractivity contribution in [3.05, 3.63) is 88.4 Å². The molecule has 2 aromatic carbocycles. The van der Waals surface area contributed by atoms with E-state index in [1.54, 1.807) is 18.2 Å². The maximum Gasteiger partial charge on any atom is 0.301 e. The van der Waals surface area contributed by atoms with Gasteiger partial charge in [-0.05, 0) is 81.1 Å². The van der Waals surface area contributed by atoms with Crippen molar-refractivity contribution >= 4 is 49.8 Å². The first-order valence-electron chi connectivity index (χ1n) is 14.3. The molecule has 1 atom stereocenters. The lowest BCUT2D eigenvalue weighted by molar-refractivity contribution is -0.132. The van der Waals surface area contributed by atoms with Crippen molar-refractivity contribution in [2.24, 2.45) is 0 Å². The smallest absolute Gasteiger partial charge is 0.301 e. The number of aromatic nitrogens is 3. The summed E-state index contributed by atoms with van der Waals surface area (Å²) in [5, 5.41) is 12.2. The summed E-state index contributed by atoms with van der Waals surface area (Å²) in [5.41, 5.74) is 4.75. The molecule has 1 N–H and O–H groups in total. The van der Waals surface area contributed by atoms with Crippen LogP contribution in [0.15, 0.2) is 60.3 Å². The number of Topliss-reactive ketones (excluding diaryl/α,β-unsaturated/α-hetero) is 1. The minimum atomic E-state index is -0.980. The van der Waals surface area contributed by atoms with Gasteiger partial charge in [-0.2, -0.15) is 0 Å². The third-order valence-corrected chi connectivity index (χ3v) is 8.55. The van der Waals surface area contributed by atoms with Crippen LogP contribution in [0.1, 0.15) is 54.4 Å². The first kappa shape index (κ1) is 28.4. The largest absolute Gasteiger partial charge is 0.505 e. The van der Waals surface area contributed by atoms with Gasteiger partial charge < -0.3 is 19.0 Å². The Bertz CT molecular complexity index is 1940. The minimum Gasteiger partial charge on any atom is -0.505 e. The van der Waals surface area contributed by atoms with E-state index < -0.39 is 17.7 Å². The van der Waals surface area contributed by atoms with Crippen LogP contribution >= 0.6 is 11.3 Å². The van der Waals surface area contributed by atoms with Gasteiger partial charge in [-0.25, -0.2) is 9.97 Å². The zero-order valence-corrected chi connectivity index (χ0v) is 25.5. The number of thiazole rings is 1. The normalized spacial score (nSPS) is 16.5. The highest BCUT2D eigenvalue weighted by atomic mass is 32.1. The van der Waals surface area contributed by atoms with Gasteiger partial charge in [0.05, 0.1) is 40.7 Å². The molecule has 1 aliphatic rings. The SMILES string of the molecule is CCCOc1ccc(C2C(=C(O)c3nc4c(C)cccn4c3C)C(=O)C(=O)N2c2nc3ccc(C)cc3s2)cc1OCC. The molecule has 1 saturated heterocycles. The molecule has 9 nitrogen and oxygen atoms in total. The summed E-state index contributed by atoms with van der Waals surface area (Å²) in [6, 6.07) is 14.0. The Hall–Kier alpha value is -4.70.